The topological polar surface area (TPSA) is 46.3 Å². The zero-order valence-electron chi connectivity index (χ0n) is 11.7. The number of nitrogens with zero attached hydrogens (tertiary/aromatic N) is 1. The van der Waals surface area contributed by atoms with E-state index in [-0.39, 0.29) is 36.8 Å². The Balaban J connectivity index is -0.00000112. The van der Waals surface area contributed by atoms with Crippen LogP contribution >= 0.6 is 24.8 Å². The van der Waals surface area contributed by atoms with Gasteiger partial charge in [-0.1, -0.05) is 19.9 Å². The van der Waals surface area contributed by atoms with Crippen molar-refractivity contribution in [1.82, 2.24) is 4.90 Å². The van der Waals surface area contributed by atoms with Gasteiger partial charge in [-0.25, -0.2) is 0 Å². The van der Waals surface area contributed by atoms with Crippen molar-refractivity contribution in [1.29, 1.82) is 0 Å². The van der Waals surface area contributed by atoms with Crippen LogP contribution in [-0.4, -0.2) is 30.4 Å². The second-order valence-corrected chi connectivity index (χ2v) is 4.69. The van der Waals surface area contributed by atoms with E-state index in [4.69, 9.17) is 5.73 Å². The summed E-state index contributed by atoms with van der Waals surface area (Å²) in [6, 6.07) is 0.184. The molecule has 0 aliphatic carbocycles. The van der Waals surface area contributed by atoms with E-state index in [0.717, 1.165) is 25.8 Å². The molecule has 0 aliphatic rings. The van der Waals surface area contributed by atoms with Gasteiger partial charge in [-0.05, 0) is 25.2 Å². The summed E-state index contributed by atoms with van der Waals surface area (Å²) in [4.78, 5) is 13.4. The monoisotopic (exact) mass is 298 g/mol. The maximum atomic E-state index is 11.7. The highest BCUT2D eigenvalue weighted by molar-refractivity contribution is 5.85. The minimum Gasteiger partial charge on any atom is -0.346 e. The number of nitrogens with two attached hydrogens (primary N) is 1. The van der Waals surface area contributed by atoms with Gasteiger partial charge in [0.15, 0.2) is 0 Å². The van der Waals surface area contributed by atoms with E-state index in [1.165, 1.54) is 0 Å². The third-order valence-corrected chi connectivity index (χ3v) is 2.88. The number of halogens is 2. The van der Waals surface area contributed by atoms with Crippen molar-refractivity contribution < 1.29 is 4.79 Å². The minimum absolute atomic E-state index is 0. The van der Waals surface area contributed by atoms with Gasteiger partial charge in [-0.15, -0.1) is 31.4 Å². The fourth-order valence-electron chi connectivity index (χ4n) is 1.39. The number of unbranched alkanes of at least 4 members (excludes halogenated alkanes) is 1. The lowest BCUT2D eigenvalue weighted by atomic mass is 10.0. The molecule has 0 radical (unpaired) electrons. The number of hydrogen-bond acceptors (Lipinski definition) is 2. The smallest absolute Gasteiger partial charge is 0.222 e. The number of carbonyl (C=O) groups is 1. The minimum atomic E-state index is 0. The first kappa shape index (κ1) is 22.9. The van der Waals surface area contributed by atoms with Crippen LogP contribution in [0.1, 0.15) is 39.5 Å². The SMILES string of the molecule is C=CCCCC(=O)N(C)CCC(N)C(C)C.Cl.Cl. The summed E-state index contributed by atoms with van der Waals surface area (Å²) in [7, 11) is 1.85. The molecule has 0 saturated heterocycles. The van der Waals surface area contributed by atoms with Crippen molar-refractivity contribution in [2.24, 2.45) is 11.7 Å². The van der Waals surface area contributed by atoms with Gasteiger partial charge < -0.3 is 10.6 Å². The first-order valence-corrected chi connectivity index (χ1v) is 6.09. The summed E-state index contributed by atoms with van der Waals surface area (Å²) in [6.45, 7) is 8.61. The van der Waals surface area contributed by atoms with Crippen molar-refractivity contribution >= 4 is 30.7 Å². The molecule has 0 fully saturated rings. The average Bonchev–Trinajstić information content (AvgIpc) is 2.25. The van der Waals surface area contributed by atoms with Gasteiger partial charge in [0.25, 0.3) is 0 Å². The molecule has 0 aromatic rings. The average molecular weight is 299 g/mol. The van der Waals surface area contributed by atoms with Crippen molar-refractivity contribution in [2.45, 2.75) is 45.6 Å². The van der Waals surface area contributed by atoms with E-state index in [0.29, 0.717) is 12.3 Å². The lowest BCUT2D eigenvalue weighted by Crippen LogP contribution is -2.34. The molecule has 2 N–H and O–H groups in total. The fourth-order valence-corrected chi connectivity index (χ4v) is 1.39. The lowest BCUT2D eigenvalue weighted by Gasteiger charge is -2.21. The molecule has 110 valence electrons. The summed E-state index contributed by atoms with van der Waals surface area (Å²) in [6.07, 6.45) is 5.14. The summed E-state index contributed by atoms with van der Waals surface area (Å²) in [5.41, 5.74) is 5.94. The maximum Gasteiger partial charge on any atom is 0.222 e. The molecule has 0 aliphatic heterocycles. The molecular weight excluding hydrogens is 271 g/mol. The van der Waals surface area contributed by atoms with Crippen molar-refractivity contribution in [2.75, 3.05) is 13.6 Å². The van der Waals surface area contributed by atoms with Crippen LogP contribution < -0.4 is 5.73 Å². The standard InChI is InChI=1S/C13H26N2O.2ClH/c1-5-6-7-8-13(16)15(4)10-9-12(14)11(2)3;;/h5,11-12H,1,6-10,14H2,2-4H3;2*1H. The van der Waals surface area contributed by atoms with E-state index < -0.39 is 0 Å². The summed E-state index contributed by atoms with van der Waals surface area (Å²) < 4.78 is 0. The third-order valence-electron chi connectivity index (χ3n) is 2.88. The first-order chi connectivity index (χ1) is 7.49. The molecule has 3 nitrogen and oxygen atoms in total. The van der Waals surface area contributed by atoms with E-state index in [2.05, 4.69) is 20.4 Å². The van der Waals surface area contributed by atoms with E-state index >= 15 is 0 Å². The van der Waals surface area contributed by atoms with Gasteiger partial charge in [0.2, 0.25) is 5.91 Å². The van der Waals surface area contributed by atoms with Gasteiger partial charge in [0.05, 0.1) is 0 Å². The first-order valence-electron chi connectivity index (χ1n) is 6.09. The van der Waals surface area contributed by atoms with Crippen molar-refractivity contribution in [3.8, 4) is 0 Å². The lowest BCUT2D eigenvalue weighted by molar-refractivity contribution is -0.130. The van der Waals surface area contributed by atoms with Gasteiger partial charge in [0, 0.05) is 26.1 Å². The van der Waals surface area contributed by atoms with E-state index in [1.54, 1.807) is 4.90 Å². The Morgan fingerprint density at radius 2 is 1.94 bits per heavy atom. The molecule has 1 unspecified atom stereocenters. The van der Waals surface area contributed by atoms with Crippen molar-refractivity contribution in [3.63, 3.8) is 0 Å². The molecular formula is C13H28Cl2N2O. The number of rotatable bonds is 8. The Bertz CT molecular complexity index is 223. The highest BCUT2D eigenvalue weighted by Crippen LogP contribution is 2.05. The molecule has 5 heteroatoms. The quantitative estimate of drug-likeness (QED) is 0.553. The van der Waals surface area contributed by atoms with E-state index in [1.807, 2.05) is 13.1 Å². The predicted octanol–water partition coefficient (Wildman–Crippen LogP) is 3.02. The largest absolute Gasteiger partial charge is 0.346 e. The van der Waals surface area contributed by atoms with Crippen molar-refractivity contribution in [3.05, 3.63) is 12.7 Å². The summed E-state index contributed by atoms with van der Waals surface area (Å²) in [5, 5.41) is 0. The number of carbonyl (C=O) groups excluding carboxylic acids is 1. The summed E-state index contributed by atoms with van der Waals surface area (Å²) >= 11 is 0. The van der Waals surface area contributed by atoms with Crippen LogP contribution in [0.2, 0.25) is 0 Å². The Hall–Kier alpha value is -0.250. The highest BCUT2D eigenvalue weighted by Gasteiger charge is 2.12. The van der Waals surface area contributed by atoms with E-state index in [9.17, 15) is 4.79 Å². The zero-order valence-corrected chi connectivity index (χ0v) is 13.4. The molecule has 18 heavy (non-hydrogen) atoms. The fraction of sp³-hybridized carbons (Fsp3) is 0.769. The molecule has 0 aromatic carbocycles. The predicted molar refractivity (Wildman–Crippen MR) is 83.6 cm³/mol. The second kappa shape index (κ2) is 13.2. The zero-order chi connectivity index (χ0) is 12.6. The Kier molecular flexibility index (Phi) is 16.8. The van der Waals surface area contributed by atoms with Gasteiger partial charge in [-0.2, -0.15) is 0 Å². The van der Waals surface area contributed by atoms with Gasteiger partial charge in [-0.3, -0.25) is 4.79 Å². The van der Waals surface area contributed by atoms with Crippen LogP contribution in [0, 0.1) is 5.92 Å². The van der Waals surface area contributed by atoms with Crippen LogP contribution in [0.5, 0.6) is 0 Å². The molecule has 0 bridgehead atoms. The molecule has 0 aromatic heterocycles. The van der Waals surface area contributed by atoms with Crippen LogP contribution in [0.4, 0.5) is 0 Å². The third kappa shape index (κ3) is 10.9. The Morgan fingerprint density at radius 3 is 2.39 bits per heavy atom. The molecule has 1 atom stereocenters. The molecule has 0 spiro atoms. The molecule has 0 rings (SSSR count). The molecule has 1 amide bonds. The highest BCUT2D eigenvalue weighted by atomic mass is 35.5. The van der Waals surface area contributed by atoms with Crippen LogP contribution in [0.15, 0.2) is 12.7 Å². The molecule has 0 heterocycles. The van der Waals surface area contributed by atoms with Gasteiger partial charge >= 0.3 is 0 Å². The maximum absolute atomic E-state index is 11.7. The van der Waals surface area contributed by atoms with Crippen LogP contribution in [0.3, 0.4) is 0 Å². The second-order valence-electron chi connectivity index (χ2n) is 4.69. The Morgan fingerprint density at radius 1 is 1.39 bits per heavy atom. The number of amides is 1. The number of hydrogen-bond donors (Lipinski definition) is 1. The molecule has 0 saturated carbocycles. The van der Waals surface area contributed by atoms with Crippen LogP contribution in [0.25, 0.3) is 0 Å². The summed E-state index contributed by atoms with van der Waals surface area (Å²) in [5.74, 6) is 0.682. The normalized spacial score (nSPS) is 11.2. The number of allylic oxidation sites excluding steroid dienone is 1. The van der Waals surface area contributed by atoms with Gasteiger partial charge in [0.1, 0.15) is 0 Å². The van der Waals surface area contributed by atoms with Crippen LogP contribution in [-0.2, 0) is 4.79 Å². The Labute approximate surface area is 124 Å².